The van der Waals surface area contributed by atoms with Gasteiger partial charge in [-0.05, 0) is 12.1 Å². The minimum Gasteiger partial charge on any atom is -0.497 e. The Balaban J connectivity index is 1.61. The van der Waals surface area contributed by atoms with E-state index >= 15 is 0 Å². The van der Waals surface area contributed by atoms with Crippen molar-refractivity contribution >= 4 is 17.6 Å². The SMILES string of the molecule is COc1ccc(OC)c(N2CCN(CC(=O)N3CCN(CCO)CC3)C2=O)c1. The fourth-order valence-corrected chi connectivity index (χ4v) is 3.59. The third-order valence-corrected chi connectivity index (χ3v) is 5.24. The van der Waals surface area contributed by atoms with Gasteiger partial charge in [0.1, 0.15) is 18.0 Å². The van der Waals surface area contributed by atoms with Crippen molar-refractivity contribution < 1.29 is 24.2 Å². The van der Waals surface area contributed by atoms with E-state index in [0.717, 1.165) is 13.1 Å². The minimum absolute atomic E-state index is 0.0449. The molecule has 0 atom stereocenters. The van der Waals surface area contributed by atoms with E-state index in [4.69, 9.17) is 14.6 Å². The summed E-state index contributed by atoms with van der Waals surface area (Å²) in [6, 6.07) is 5.10. The minimum atomic E-state index is -0.209. The van der Waals surface area contributed by atoms with Crippen molar-refractivity contribution in [3.63, 3.8) is 0 Å². The highest BCUT2D eigenvalue weighted by Gasteiger charge is 2.34. The van der Waals surface area contributed by atoms with Gasteiger partial charge in [-0.25, -0.2) is 4.79 Å². The number of aliphatic hydroxyl groups excluding tert-OH is 1. The van der Waals surface area contributed by atoms with Gasteiger partial charge in [0.2, 0.25) is 5.91 Å². The van der Waals surface area contributed by atoms with Crippen LogP contribution in [0.2, 0.25) is 0 Å². The molecular formula is C19H28N4O5. The summed E-state index contributed by atoms with van der Waals surface area (Å²) in [6.07, 6.45) is 0. The van der Waals surface area contributed by atoms with Crippen LogP contribution in [-0.2, 0) is 4.79 Å². The Labute approximate surface area is 165 Å². The molecule has 9 heteroatoms. The van der Waals surface area contributed by atoms with Gasteiger partial charge in [0, 0.05) is 51.9 Å². The number of benzene rings is 1. The molecule has 154 valence electrons. The van der Waals surface area contributed by atoms with E-state index in [1.54, 1.807) is 47.1 Å². The highest BCUT2D eigenvalue weighted by Crippen LogP contribution is 2.34. The van der Waals surface area contributed by atoms with Gasteiger partial charge in [-0.1, -0.05) is 0 Å². The first-order valence-electron chi connectivity index (χ1n) is 9.47. The highest BCUT2D eigenvalue weighted by atomic mass is 16.5. The molecule has 3 rings (SSSR count). The number of carbonyl (C=O) groups is 2. The number of aliphatic hydroxyl groups is 1. The first-order chi connectivity index (χ1) is 13.6. The summed E-state index contributed by atoms with van der Waals surface area (Å²) in [5, 5.41) is 9.01. The van der Waals surface area contributed by atoms with Crippen LogP contribution in [0.1, 0.15) is 0 Å². The summed E-state index contributed by atoms with van der Waals surface area (Å²) < 4.78 is 10.6. The number of amides is 3. The van der Waals surface area contributed by atoms with E-state index in [-0.39, 0.29) is 25.1 Å². The van der Waals surface area contributed by atoms with Gasteiger partial charge in [-0.15, -0.1) is 0 Å². The van der Waals surface area contributed by atoms with Crippen LogP contribution in [0.15, 0.2) is 18.2 Å². The maximum absolute atomic E-state index is 12.9. The number of rotatable bonds is 7. The molecule has 2 aliphatic heterocycles. The molecule has 2 fully saturated rings. The zero-order valence-electron chi connectivity index (χ0n) is 16.5. The van der Waals surface area contributed by atoms with Crippen molar-refractivity contribution in [1.29, 1.82) is 0 Å². The Morgan fingerprint density at radius 1 is 1.07 bits per heavy atom. The average molecular weight is 392 g/mol. The third kappa shape index (κ3) is 4.31. The number of methoxy groups -OCH3 is 2. The second kappa shape index (κ2) is 9.11. The highest BCUT2D eigenvalue weighted by molar-refractivity contribution is 5.98. The second-order valence-electron chi connectivity index (χ2n) is 6.84. The van der Waals surface area contributed by atoms with E-state index in [0.29, 0.717) is 49.9 Å². The lowest BCUT2D eigenvalue weighted by atomic mass is 10.2. The van der Waals surface area contributed by atoms with Crippen LogP contribution >= 0.6 is 0 Å². The molecule has 3 amide bonds. The number of urea groups is 1. The maximum atomic E-state index is 12.9. The van der Waals surface area contributed by atoms with Gasteiger partial charge < -0.3 is 24.4 Å². The summed E-state index contributed by atoms with van der Waals surface area (Å²) in [7, 11) is 3.13. The molecule has 0 aliphatic carbocycles. The van der Waals surface area contributed by atoms with E-state index in [1.807, 2.05) is 0 Å². The third-order valence-electron chi connectivity index (χ3n) is 5.24. The van der Waals surface area contributed by atoms with Crippen molar-refractivity contribution in [2.45, 2.75) is 0 Å². The van der Waals surface area contributed by atoms with Crippen molar-refractivity contribution in [3.8, 4) is 11.5 Å². The van der Waals surface area contributed by atoms with Crippen LogP contribution in [0.5, 0.6) is 11.5 Å². The lowest BCUT2D eigenvalue weighted by Crippen LogP contribution is -2.52. The molecular weight excluding hydrogens is 364 g/mol. The van der Waals surface area contributed by atoms with Crippen LogP contribution in [0.4, 0.5) is 10.5 Å². The molecule has 2 heterocycles. The molecule has 0 saturated carbocycles. The molecule has 1 N–H and O–H groups in total. The van der Waals surface area contributed by atoms with Gasteiger partial charge in [0.05, 0.1) is 26.5 Å². The molecule has 0 aromatic heterocycles. The summed E-state index contributed by atoms with van der Waals surface area (Å²) >= 11 is 0. The first kappa shape index (κ1) is 20.2. The number of carbonyl (C=O) groups excluding carboxylic acids is 2. The fourth-order valence-electron chi connectivity index (χ4n) is 3.59. The quantitative estimate of drug-likeness (QED) is 0.708. The first-order valence-corrected chi connectivity index (χ1v) is 9.47. The molecule has 2 saturated heterocycles. The molecule has 0 spiro atoms. The van der Waals surface area contributed by atoms with Crippen molar-refractivity contribution in [2.24, 2.45) is 0 Å². The number of ether oxygens (including phenoxy) is 2. The summed E-state index contributed by atoms with van der Waals surface area (Å²) in [6.45, 7) is 4.52. The van der Waals surface area contributed by atoms with Crippen molar-refractivity contribution in [2.75, 3.05) is 78.1 Å². The maximum Gasteiger partial charge on any atom is 0.325 e. The molecule has 1 aromatic rings. The summed E-state index contributed by atoms with van der Waals surface area (Å²) in [5.74, 6) is 1.18. The van der Waals surface area contributed by atoms with Gasteiger partial charge in [-0.3, -0.25) is 14.6 Å². The Hall–Kier alpha value is -2.52. The van der Waals surface area contributed by atoms with E-state index in [1.165, 1.54) is 0 Å². The van der Waals surface area contributed by atoms with Crippen LogP contribution in [-0.4, -0.2) is 105 Å². The zero-order chi connectivity index (χ0) is 20.1. The van der Waals surface area contributed by atoms with Gasteiger partial charge >= 0.3 is 6.03 Å². The lowest BCUT2D eigenvalue weighted by molar-refractivity contribution is -0.133. The van der Waals surface area contributed by atoms with Gasteiger partial charge in [0.15, 0.2) is 0 Å². The Morgan fingerprint density at radius 3 is 2.46 bits per heavy atom. The molecule has 28 heavy (non-hydrogen) atoms. The number of nitrogens with zero attached hydrogens (tertiary/aromatic N) is 4. The predicted octanol–water partition coefficient (Wildman–Crippen LogP) is 0.0823. The molecule has 9 nitrogen and oxygen atoms in total. The number of hydrogen-bond acceptors (Lipinski definition) is 6. The fraction of sp³-hybridized carbons (Fsp3) is 0.579. The number of anilines is 1. The van der Waals surface area contributed by atoms with Crippen molar-refractivity contribution in [3.05, 3.63) is 18.2 Å². The molecule has 1 aromatic carbocycles. The smallest absolute Gasteiger partial charge is 0.325 e. The Bertz CT molecular complexity index is 706. The largest absolute Gasteiger partial charge is 0.497 e. The summed E-state index contributed by atoms with van der Waals surface area (Å²) in [4.78, 5) is 32.6. The zero-order valence-corrected chi connectivity index (χ0v) is 16.5. The van der Waals surface area contributed by atoms with Crippen LogP contribution in [0.3, 0.4) is 0 Å². The van der Waals surface area contributed by atoms with Crippen LogP contribution < -0.4 is 14.4 Å². The lowest BCUT2D eigenvalue weighted by Gasteiger charge is -2.35. The van der Waals surface area contributed by atoms with Crippen LogP contribution in [0.25, 0.3) is 0 Å². The van der Waals surface area contributed by atoms with Gasteiger partial charge in [0.25, 0.3) is 0 Å². The van der Waals surface area contributed by atoms with E-state index in [2.05, 4.69) is 4.90 Å². The second-order valence-corrected chi connectivity index (χ2v) is 6.84. The molecule has 0 bridgehead atoms. The Morgan fingerprint density at radius 2 is 1.82 bits per heavy atom. The normalized spacial score (nSPS) is 18.0. The standard InChI is InChI=1S/C19H28N4O5/c1-27-15-3-4-17(28-2)16(13-15)23-10-9-22(19(23)26)14-18(25)21-7-5-20(6-8-21)11-12-24/h3-4,13,24H,5-12,14H2,1-2H3. The monoisotopic (exact) mass is 392 g/mol. The van der Waals surface area contributed by atoms with Crippen LogP contribution in [0, 0.1) is 0 Å². The number of piperazine rings is 1. The van der Waals surface area contributed by atoms with E-state index < -0.39 is 0 Å². The molecule has 0 radical (unpaired) electrons. The topological polar surface area (TPSA) is 85.8 Å². The summed E-state index contributed by atoms with van der Waals surface area (Å²) in [5.41, 5.74) is 0.638. The predicted molar refractivity (Wildman–Crippen MR) is 104 cm³/mol. The molecule has 0 unspecified atom stereocenters. The van der Waals surface area contributed by atoms with Crippen molar-refractivity contribution in [1.82, 2.24) is 14.7 Å². The molecule has 2 aliphatic rings. The Kier molecular flexibility index (Phi) is 6.58. The number of hydrogen-bond donors (Lipinski definition) is 1. The average Bonchev–Trinajstić information content (AvgIpc) is 3.08. The van der Waals surface area contributed by atoms with Gasteiger partial charge in [-0.2, -0.15) is 0 Å². The number of β-amino-alcohol motifs (C(OH)–C–C–N with tert-alkyl or cyclic N) is 1. The van der Waals surface area contributed by atoms with E-state index in [9.17, 15) is 9.59 Å².